The molecule has 0 bridgehead atoms. The minimum absolute atomic E-state index is 0.568. The average Bonchev–Trinajstić information content (AvgIpc) is 2.86. The van der Waals surface area contributed by atoms with Crippen LogP contribution >= 0.6 is 0 Å². The van der Waals surface area contributed by atoms with Crippen LogP contribution in [0.5, 0.6) is 0 Å². The maximum absolute atomic E-state index is 3.70. The fraction of sp³-hybridized carbons (Fsp3) is 1.00. The molecular weight excluding hydrogens is 234 g/mol. The maximum Gasteiger partial charge on any atom is 0.0110 e. The van der Waals surface area contributed by atoms with Crippen LogP contribution in [0.15, 0.2) is 0 Å². The van der Waals surface area contributed by atoms with Crippen molar-refractivity contribution in [3.8, 4) is 0 Å². The van der Waals surface area contributed by atoms with E-state index in [1.807, 2.05) is 0 Å². The lowest BCUT2D eigenvalue weighted by atomic mass is 9.85. The van der Waals surface area contributed by atoms with Crippen LogP contribution in [0.2, 0.25) is 0 Å². The van der Waals surface area contributed by atoms with E-state index in [2.05, 4.69) is 35.9 Å². The Labute approximate surface area is 119 Å². The molecule has 0 aromatic heterocycles. The van der Waals surface area contributed by atoms with Gasteiger partial charge in [0.25, 0.3) is 0 Å². The molecule has 0 aromatic rings. The number of rotatable bonds is 6. The van der Waals surface area contributed by atoms with Crippen molar-refractivity contribution < 1.29 is 0 Å². The van der Waals surface area contributed by atoms with Crippen molar-refractivity contribution in [1.29, 1.82) is 0 Å². The van der Waals surface area contributed by atoms with Gasteiger partial charge in [-0.2, -0.15) is 0 Å². The zero-order chi connectivity index (χ0) is 13.7. The van der Waals surface area contributed by atoms with E-state index < -0.39 is 0 Å². The Morgan fingerprint density at radius 1 is 1.00 bits per heavy atom. The number of piperazine rings is 1. The average molecular weight is 267 g/mol. The first-order chi connectivity index (χ1) is 9.13. The minimum Gasteiger partial charge on any atom is -0.314 e. The summed E-state index contributed by atoms with van der Waals surface area (Å²) in [5.74, 6) is 0. The van der Waals surface area contributed by atoms with Crippen LogP contribution in [-0.4, -0.2) is 61.7 Å². The molecular formula is C16H33N3. The molecule has 0 atom stereocenters. The molecule has 1 saturated heterocycles. The van der Waals surface area contributed by atoms with Gasteiger partial charge in [0.2, 0.25) is 0 Å². The Bertz CT molecular complexity index is 251. The molecule has 1 aliphatic carbocycles. The molecule has 0 unspecified atom stereocenters. The highest BCUT2D eigenvalue weighted by atomic mass is 15.3. The third-order valence-corrected chi connectivity index (χ3v) is 5.02. The summed E-state index contributed by atoms with van der Waals surface area (Å²) in [5, 5.41) is 3.70. The number of hydrogen-bond donors (Lipinski definition) is 1. The first-order valence-electron chi connectivity index (χ1n) is 8.32. The molecule has 3 nitrogen and oxygen atoms in total. The van der Waals surface area contributed by atoms with Gasteiger partial charge in [-0.15, -0.1) is 0 Å². The van der Waals surface area contributed by atoms with E-state index in [4.69, 9.17) is 0 Å². The van der Waals surface area contributed by atoms with Crippen LogP contribution in [0, 0.1) is 5.41 Å². The molecule has 112 valence electrons. The van der Waals surface area contributed by atoms with E-state index >= 15 is 0 Å². The summed E-state index contributed by atoms with van der Waals surface area (Å²) in [7, 11) is 0. The van der Waals surface area contributed by atoms with Crippen molar-refractivity contribution in [2.24, 2.45) is 5.41 Å². The Balaban J connectivity index is 1.83. The third kappa shape index (κ3) is 4.44. The van der Waals surface area contributed by atoms with Crippen molar-refractivity contribution in [1.82, 2.24) is 15.1 Å². The van der Waals surface area contributed by atoms with Crippen LogP contribution in [0.4, 0.5) is 0 Å². The van der Waals surface area contributed by atoms with Gasteiger partial charge in [0.05, 0.1) is 0 Å². The molecule has 0 radical (unpaired) electrons. The van der Waals surface area contributed by atoms with Crippen LogP contribution < -0.4 is 5.32 Å². The molecule has 2 fully saturated rings. The van der Waals surface area contributed by atoms with Gasteiger partial charge in [-0.3, -0.25) is 0 Å². The predicted octanol–water partition coefficient (Wildman–Crippen LogP) is 2.18. The van der Waals surface area contributed by atoms with Crippen LogP contribution in [0.3, 0.4) is 0 Å². The van der Waals surface area contributed by atoms with Gasteiger partial charge in [-0.05, 0) is 24.8 Å². The van der Waals surface area contributed by atoms with Gasteiger partial charge in [0.1, 0.15) is 0 Å². The van der Waals surface area contributed by atoms with Crippen molar-refractivity contribution in [2.75, 3.05) is 45.8 Å². The number of nitrogens with one attached hydrogen (secondary N) is 1. The molecule has 0 aromatic carbocycles. The normalized spacial score (nSPS) is 25.3. The smallest absolute Gasteiger partial charge is 0.0110 e. The molecule has 2 rings (SSSR count). The second kappa shape index (κ2) is 7.05. The zero-order valence-electron chi connectivity index (χ0n) is 13.2. The monoisotopic (exact) mass is 267 g/mol. The van der Waals surface area contributed by atoms with Crippen LogP contribution in [-0.2, 0) is 0 Å². The van der Waals surface area contributed by atoms with Crippen molar-refractivity contribution in [2.45, 2.75) is 52.5 Å². The molecule has 0 spiro atoms. The Morgan fingerprint density at radius 3 is 2.11 bits per heavy atom. The van der Waals surface area contributed by atoms with Gasteiger partial charge in [0.15, 0.2) is 0 Å². The molecule has 2 aliphatic rings. The first kappa shape index (κ1) is 15.3. The van der Waals surface area contributed by atoms with Gasteiger partial charge < -0.3 is 15.1 Å². The fourth-order valence-corrected chi connectivity index (χ4v) is 3.67. The lowest BCUT2D eigenvalue weighted by Crippen LogP contribution is -2.51. The molecule has 1 heterocycles. The summed E-state index contributed by atoms with van der Waals surface area (Å²) in [5.41, 5.74) is 0.568. The topological polar surface area (TPSA) is 18.5 Å². The summed E-state index contributed by atoms with van der Waals surface area (Å²) in [6.07, 6.45) is 5.74. The minimum atomic E-state index is 0.568. The molecule has 1 aliphatic heterocycles. The SMILES string of the molecule is CCN1CCN(CC2(CNC(C)C)CCCC2)CC1. The van der Waals surface area contributed by atoms with Crippen LogP contribution in [0.1, 0.15) is 46.5 Å². The lowest BCUT2D eigenvalue weighted by molar-refractivity contribution is 0.0866. The maximum atomic E-state index is 3.70. The number of nitrogens with zero attached hydrogens (tertiary/aromatic N) is 2. The third-order valence-electron chi connectivity index (χ3n) is 5.02. The van der Waals surface area contributed by atoms with E-state index in [0.717, 1.165) is 0 Å². The summed E-state index contributed by atoms with van der Waals surface area (Å²) < 4.78 is 0. The Hall–Kier alpha value is -0.120. The molecule has 3 heteroatoms. The highest BCUT2D eigenvalue weighted by Crippen LogP contribution is 2.38. The van der Waals surface area contributed by atoms with E-state index in [1.54, 1.807) is 0 Å². The van der Waals surface area contributed by atoms with Crippen molar-refractivity contribution >= 4 is 0 Å². The molecule has 0 amide bonds. The Morgan fingerprint density at radius 2 is 1.58 bits per heavy atom. The fourth-order valence-electron chi connectivity index (χ4n) is 3.67. The Kier molecular flexibility index (Phi) is 5.67. The highest BCUT2D eigenvalue weighted by Gasteiger charge is 2.35. The zero-order valence-corrected chi connectivity index (χ0v) is 13.2. The second-order valence-corrected chi connectivity index (χ2v) is 6.95. The largest absolute Gasteiger partial charge is 0.314 e. The summed E-state index contributed by atoms with van der Waals surface area (Å²) in [6, 6.07) is 0.620. The van der Waals surface area contributed by atoms with Gasteiger partial charge in [-0.1, -0.05) is 33.6 Å². The lowest BCUT2D eigenvalue weighted by Gasteiger charge is -2.40. The van der Waals surface area contributed by atoms with E-state index in [0.29, 0.717) is 11.5 Å². The van der Waals surface area contributed by atoms with E-state index in [9.17, 15) is 0 Å². The summed E-state index contributed by atoms with van der Waals surface area (Å²) in [4.78, 5) is 5.30. The first-order valence-corrected chi connectivity index (χ1v) is 8.32. The molecule has 1 N–H and O–H groups in total. The van der Waals surface area contributed by atoms with E-state index in [-0.39, 0.29) is 0 Å². The van der Waals surface area contributed by atoms with Gasteiger partial charge in [-0.25, -0.2) is 0 Å². The number of hydrogen-bond acceptors (Lipinski definition) is 3. The molecule has 19 heavy (non-hydrogen) atoms. The summed E-state index contributed by atoms with van der Waals surface area (Å²) in [6.45, 7) is 15.7. The summed E-state index contributed by atoms with van der Waals surface area (Å²) >= 11 is 0. The standard InChI is InChI=1S/C16H33N3/c1-4-18-9-11-19(12-10-18)14-16(7-5-6-8-16)13-17-15(2)3/h15,17H,4-14H2,1-3H3. The van der Waals surface area contributed by atoms with Crippen molar-refractivity contribution in [3.63, 3.8) is 0 Å². The molecule has 1 saturated carbocycles. The van der Waals surface area contributed by atoms with Crippen molar-refractivity contribution in [3.05, 3.63) is 0 Å². The quantitative estimate of drug-likeness (QED) is 0.796. The highest BCUT2D eigenvalue weighted by molar-refractivity contribution is 4.91. The van der Waals surface area contributed by atoms with Gasteiger partial charge >= 0.3 is 0 Å². The second-order valence-electron chi connectivity index (χ2n) is 6.95. The number of likely N-dealkylation sites (N-methyl/N-ethyl adjacent to an activating group) is 1. The van der Waals surface area contributed by atoms with Gasteiger partial charge in [0, 0.05) is 45.3 Å². The van der Waals surface area contributed by atoms with Crippen LogP contribution in [0.25, 0.3) is 0 Å². The predicted molar refractivity (Wildman–Crippen MR) is 82.6 cm³/mol. The van der Waals surface area contributed by atoms with E-state index in [1.165, 1.54) is 71.5 Å².